The number of nitrogens with zero attached hydrogens (tertiary/aromatic N) is 15. The Labute approximate surface area is 714 Å². The highest BCUT2D eigenvalue weighted by molar-refractivity contribution is 6.02. The summed E-state index contributed by atoms with van der Waals surface area (Å²) in [5.41, 5.74) is 24.1. The molecule has 35 heteroatoms. The van der Waals surface area contributed by atoms with Crippen molar-refractivity contribution in [3.8, 4) is 41.0 Å². The average Bonchev–Trinajstić information content (AvgIpc) is 0.761. The van der Waals surface area contributed by atoms with Crippen LogP contribution in [0.3, 0.4) is 0 Å². The van der Waals surface area contributed by atoms with E-state index in [1.54, 1.807) is 138 Å². The summed E-state index contributed by atoms with van der Waals surface area (Å²) < 4.78 is 4.66. The smallest absolute Gasteiger partial charge is 0.276 e. The van der Waals surface area contributed by atoms with Crippen molar-refractivity contribution in [2.45, 2.75) is 112 Å². The highest BCUT2D eigenvalue weighted by Crippen LogP contribution is 2.33. The molecule has 0 fully saturated rings. The van der Waals surface area contributed by atoms with E-state index in [1.807, 2.05) is 112 Å². The van der Waals surface area contributed by atoms with Crippen molar-refractivity contribution < 1.29 is 34.8 Å². The summed E-state index contributed by atoms with van der Waals surface area (Å²) >= 11 is 0. The number of rotatable bonds is 26. The molecule has 14 aromatic rings. The van der Waals surface area contributed by atoms with E-state index in [4.69, 9.17) is 42.0 Å². The van der Waals surface area contributed by atoms with Gasteiger partial charge in [0, 0.05) is 48.1 Å². The molecular weight excluding hydrogens is 1590 g/mol. The first-order chi connectivity index (χ1) is 60.5. The Kier molecular flexibility index (Phi) is 28.4. The summed E-state index contributed by atoms with van der Waals surface area (Å²) in [5.74, 6) is 6.75. The van der Waals surface area contributed by atoms with Gasteiger partial charge in [0.05, 0.1) is 97.1 Å². The van der Waals surface area contributed by atoms with Crippen LogP contribution in [0.5, 0.6) is 0 Å². The number of benzene rings is 7. The van der Waals surface area contributed by atoms with Gasteiger partial charge in [0.15, 0.2) is 0 Å². The lowest BCUT2D eigenvalue weighted by molar-refractivity contribution is -0.129. The number of carbonyl (C=O) groups excluding carboxylic acids is 4. The Morgan fingerprint density at radius 3 is 1.45 bits per heavy atom. The molecule has 35 nitrogen and oxygen atoms in total. The molecule has 0 saturated heterocycles. The van der Waals surface area contributed by atoms with Crippen LogP contribution in [0, 0.1) is 62.2 Å². The molecule has 0 bridgehead atoms. The maximum Gasteiger partial charge on any atom is 0.276 e. The average molecular weight is 1680 g/mol. The molecule has 0 unspecified atom stereocenters. The van der Waals surface area contributed by atoms with Crippen LogP contribution in [0.15, 0.2) is 209 Å². The van der Waals surface area contributed by atoms with Crippen LogP contribution in [-0.2, 0) is 17.9 Å². The van der Waals surface area contributed by atoms with Crippen LogP contribution in [0.25, 0.3) is 49.8 Å². The minimum absolute atomic E-state index is 0.0551. The Morgan fingerprint density at radius 2 is 0.960 bits per heavy atom. The number of primary amides is 1. The van der Waals surface area contributed by atoms with Gasteiger partial charge < -0.3 is 38.1 Å². The predicted molar refractivity (Wildman–Crippen MR) is 469 cm³/mol. The Hall–Kier alpha value is -16.6. The number of hydrogen-bond acceptors (Lipinski definition) is 28. The number of amides is 4. The molecule has 0 aliphatic rings. The summed E-state index contributed by atoms with van der Waals surface area (Å²) in [6.45, 7) is 13.4. The van der Waals surface area contributed by atoms with Crippen molar-refractivity contribution in [2.24, 2.45) is 5.73 Å². The summed E-state index contributed by atoms with van der Waals surface area (Å²) in [5, 5.41) is 63.4. The zero-order valence-electron chi connectivity index (χ0n) is 68.7. The number of hydroxylamine groups is 3. The highest BCUT2D eigenvalue weighted by Gasteiger charge is 2.29. The Bertz CT molecular complexity index is 6730. The monoisotopic (exact) mass is 1680 g/mol. The molecule has 7 aromatic heterocycles. The molecule has 3 atom stereocenters. The lowest BCUT2D eigenvalue weighted by atomic mass is 10.1. The van der Waals surface area contributed by atoms with Crippen LogP contribution in [0.4, 0.5) is 34.6 Å². The van der Waals surface area contributed by atoms with Gasteiger partial charge in [-0.05, 0) is 157 Å². The first-order valence-electron chi connectivity index (χ1n) is 39.4. The van der Waals surface area contributed by atoms with Crippen LogP contribution < -0.4 is 71.2 Å². The number of nitriles is 2. The molecule has 14 rings (SSSR count). The number of nitrogens with two attached hydrogens (primary N) is 2. The summed E-state index contributed by atoms with van der Waals surface area (Å²) in [4.78, 5) is 134. The molecule has 0 saturated carbocycles. The number of para-hydroxylation sites is 3. The van der Waals surface area contributed by atoms with E-state index in [0.29, 0.717) is 173 Å². The Balaban J connectivity index is 0.000000171. The summed E-state index contributed by atoms with van der Waals surface area (Å²) in [7, 11) is 0. The second kappa shape index (κ2) is 40.5. The minimum atomic E-state index is -0.793. The van der Waals surface area contributed by atoms with Gasteiger partial charge >= 0.3 is 0 Å². The number of fused-ring (bicyclic) bond motifs is 3. The third-order valence-corrected chi connectivity index (χ3v) is 19.9. The van der Waals surface area contributed by atoms with E-state index in [9.17, 15) is 44.1 Å². The van der Waals surface area contributed by atoms with Crippen LogP contribution in [0.2, 0.25) is 0 Å². The van der Waals surface area contributed by atoms with E-state index in [-0.39, 0.29) is 52.4 Å². The fourth-order valence-corrected chi connectivity index (χ4v) is 13.8. The SMILES string of the molecule is CC[C@H](Nc1nc(C)nc(C)c1C#N)c1nc2cccc(C#CCCCC(=O)NO)c2c(=O)n1-c1ccccc1.CC[C@H](Nc1ncnc(N)c1C(N)=O)c1nc2cccc(NCc3ccc(C(=O)NO)cn3)c2c(=O)n1-c1ccccc1.Cc1nc(C)c(C#N)c(N[C@@H](C)c2nc3cccc(NCc4ccc(C(=O)NO)cc4)c3c(=O)n2-c2ccccc2)n1. The number of nitrogens with one attached hydrogen (secondary N) is 8. The van der Waals surface area contributed by atoms with Crippen molar-refractivity contribution in [3.63, 3.8) is 0 Å². The molecule has 7 aromatic carbocycles. The number of aromatic nitrogens is 13. The second-order valence-corrected chi connectivity index (χ2v) is 28.3. The van der Waals surface area contributed by atoms with Crippen molar-refractivity contribution in [3.05, 3.63) is 311 Å². The molecule has 4 amide bonds. The molecular formula is C90H85N25O10. The number of anilines is 6. The first-order valence-corrected chi connectivity index (χ1v) is 39.4. The second-order valence-electron chi connectivity index (χ2n) is 28.3. The van der Waals surface area contributed by atoms with Gasteiger partial charge in [-0.2, -0.15) is 10.5 Å². The number of pyridine rings is 1. The van der Waals surface area contributed by atoms with Gasteiger partial charge in [0.2, 0.25) is 5.91 Å². The molecule has 0 aliphatic heterocycles. The standard InChI is InChI=1S/C31H28N8O3.C30H29N7O3.C29H28N10O4/c1-18-24(16-32)28(36-20(3)34-18)35-19(2)29-37-26-11-7-10-25(27(26)31(41)39(29)23-8-5-4-6-9-23)33-17-21-12-14-22(15-13-21)30(40)38-42;1-4-24(34-28-23(18-31)19(2)32-20(3)33-28)29-35-25-16-11-13-21(12-7-5-10-17-26(38)36-40)27(25)30(39)37(29)22-14-8-6-9-15-22;1-2-19(36-26-23(25(31)40)24(30)34-15-35-26)27-37-21-10-6-9-20(22(21)29(42)39(27)18-7-4-3-5-8-18)33-14-17-12-11-16(13-32-17)28(41)38-43/h4-15,19,33,42H,17H2,1-3H3,(H,38,40)(H,34,35,36);6,8-9,11,13-16,24,40H,4-5,10,17H2,1-3H3,(H,36,38)(H,32,33,34);3-13,15,19,33,43H,2,14H2,1H3,(H2,31,40)(H,38,41)(H3,30,34,35,36)/t19-;24-;19-/m000/s1. The van der Waals surface area contributed by atoms with Gasteiger partial charge in [-0.15, -0.1) is 0 Å². The maximum absolute atomic E-state index is 14.3. The topological polar surface area (TPSA) is 520 Å². The minimum Gasteiger partial charge on any atom is -0.383 e. The molecule has 0 aliphatic carbocycles. The zero-order valence-corrected chi connectivity index (χ0v) is 68.7. The number of unbranched alkanes of at least 4 members (excludes halogenated alkanes) is 1. The summed E-state index contributed by atoms with van der Waals surface area (Å²) in [6.07, 6.45) is 4.61. The number of hydrogen-bond donors (Lipinski definition) is 13. The normalized spacial score (nSPS) is 11.5. The van der Waals surface area contributed by atoms with Gasteiger partial charge in [0.1, 0.15) is 87.5 Å². The lowest BCUT2D eigenvalue weighted by Crippen LogP contribution is -2.29. The quantitative estimate of drug-likeness (QED) is 0.0104. The van der Waals surface area contributed by atoms with Crippen LogP contribution in [-0.4, -0.2) is 103 Å². The number of nitrogen functional groups attached to an aromatic ring is 1. The fraction of sp³-hybridized carbons (Fsp3) is 0.189. The maximum atomic E-state index is 14.3. The van der Waals surface area contributed by atoms with E-state index >= 15 is 0 Å². The molecule has 15 N–H and O–H groups in total. The predicted octanol–water partition coefficient (Wildman–Crippen LogP) is 11.4. The largest absolute Gasteiger partial charge is 0.383 e. The molecule has 630 valence electrons. The van der Waals surface area contributed by atoms with Gasteiger partial charge in [-0.1, -0.05) is 111 Å². The molecule has 125 heavy (non-hydrogen) atoms. The first kappa shape index (κ1) is 87.8. The van der Waals surface area contributed by atoms with Gasteiger partial charge in [0.25, 0.3) is 34.4 Å². The van der Waals surface area contributed by atoms with Crippen LogP contribution >= 0.6 is 0 Å². The van der Waals surface area contributed by atoms with Crippen LogP contribution in [0.1, 0.15) is 171 Å². The summed E-state index contributed by atoms with van der Waals surface area (Å²) in [6, 6.07) is 56.4. The Morgan fingerprint density at radius 1 is 0.496 bits per heavy atom. The van der Waals surface area contributed by atoms with Crippen molar-refractivity contribution in [1.82, 2.24) is 80.0 Å². The zero-order chi connectivity index (χ0) is 89.0. The molecule has 0 radical (unpaired) electrons. The molecule has 7 heterocycles. The third kappa shape index (κ3) is 20.2. The van der Waals surface area contributed by atoms with E-state index in [1.165, 1.54) is 23.2 Å². The number of carbonyl (C=O) groups is 4. The van der Waals surface area contributed by atoms with Gasteiger partial charge in [-0.25, -0.2) is 61.3 Å². The molecule has 0 spiro atoms. The highest BCUT2D eigenvalue weighted by atomic mass is 16.5. The lowest BCUT2D eigenvalue weighted by Gasteiger charge is -2.23. The van der Waals surface area contributed by atoms with Crippen molar-refractivity contribution in [1.29, 1.82) is 10.5 Å². The van der Waals surface area contributed by atoms with E-state index in [2.05, 4.69) is 85.5 Å². The van der Waals surface area contributed by atoms with E-state index < -0.39 is 41.8 Å². The van der Waals surface area contributed by atoms with Crippen molar-refractivity contribution >= 4 is 91.0 Å². The fourth-order valence-electron chi connectivity index (χ4n) is 13.8. The third-order valence-electron chi connectivity index (χ3n) is 19.9. The van der Waals surface area contributed by atoms with E-state index in [0.717, 1.165) is 5.56 Å². The van der Waals surface area contributed by atoms with Crippen molar-refractivity contribution in [2.75, 3.05) is 32.3 Å². The van der Waals surface area contributed by atoms with Gasteiger partial charge in [-0.3, -0.25) is 67.9 Å². The number of aryl methyl sites for hydroxylation is 4.